The van der Waals surface area contributed by atoms with E-state index in [1.165, 1.54) is 12.0 Å². The highest BCUT2D eigenvalue weighted by atomic mass is 16.5. The molecule has 0 radical (unpaired) electrons. The van der Waals surface area contributed by atoms with Crippen LogP contribution in [0.15, 0.2) is 60.7 Å². The number of carbonyl (C=O) groups is 3. The number of hydrogen-bond acceptors (Lipinski definition) is 6. The summed E-state index contributed by atoms with van der Waals surface area (Å²) in [7, 11) is 1.52. The van der Waals surface area contributed by atoms with Gasteiger partial charge in [-0.3, -0.25) is 14.4 Å². The Morgan fingerprint density at radius 3 is 2.61 bits per heavy atom. The van der Waals surface area contributed by atoms with Crippen LogP contribution in [0.5, 0.6) is 5.75 Å². The van der Waals surface area contributed by atoms with Gasteiger partial charge in [0.1, 0.15) is 11.6 Å². The number of hydrogen-bond donors (Lipinski definition) is 1. The van der Waals surface area contributed by atoms with Crippen LogP contribution in [0.3, 0.4) is 0 Å². The number of nitrogens with zero attached hydrogens (tertiary/aromatic N) is 3. The van der Waals surface area contributed by atoms with Gasteiger partial charge >= 0.3 is 5.97 Å². The number of benzene rings is 2. The number of para-hydroxylation sites is 3. The van der Waals surface area contributed by atoms with Crippen LogP contribution in [0.4, 0.5) is 11.5 Å². The maximum Gasteiger partial charge on any atom is 0.311 e. The highest BCUT2D eigenvalue weighted by molar-refractivity contribution is 6.01. The highest BCUT2D eigenvalue weighted by Gasteiger charge is 2.37. The van der Waals surface area contributed by atoms with Crippen molar-refractivity contribution >= 4 is 29.3 Å². The van der Waals surface area contributed by atoms with Crippen LogP contribution in [0.25, 0.3) is 5.69 Å². The maximum absolute atomic E-state index is 12.5. The second kappa shape index (κ2) is 9.56. The predicted octanol–water partition coefficient (Wildman–Crippen LogP) is 2.72. The molecule has 1 fully saturated rings. The zero-order valence-electron chi connectivity index (χ0n) is 18.4. The van der Waals surface area contributed by atoms with E-state index in [4.69, 9.17) is 9.47 Å². The summed E-state index contributed by atoms with van der Waals surface area (Å²) in [4.78, 5) is 39.0. The minimum Gasteiger partial charge on any atom is -0.495 e. The lowest BCUT2D eigenvalue weighted by Gasteiger charge is -2.19. The van der Waals surface area contributed by atoms with E-state index in [2.05, 4.69) is 10.4 Å². The molecule has 9 heteroatoms. The molecular weight excluding hydrogens is 424 g/mol. The van der Waals surface area contributed by atoms with Gasteiger partial charge in [-0.2, -0.15) is 5.10 Å². The van der Waals surface area contributed by atoms with E-state index in [9.17, 15) is 14.4 Å². The molecule has 4 rings (SSSR count). The van der Waals surface area contributed by atoms with Crippen LogP contribution in [0.2, 0.25) is 0 Å². The number of aromatic nitrogens is 2. The molecule has 0 saturated carbocycles. The molecular formula is C24H24N4O5. The van der Waals surface area contributed by atoms with E-state index in [0.29, 0.717) is 17.3 Å². The number of nitrogens with one attached hydrogen (secondary N) is 1. The Balaban J connectivity index is 1.35. The Morgan fingerprint density at radius 2 is 1.85 bits per heavy atom. The lowest BCUT2D eigenvalue weighted by atomic mass is 10.1. The SMILES string of the molecule is COc1ccccc1N1C[C@@H](C(=O)OCC(=O)Nc2cc(C)nn2-c2ccccc2)CC1=O. The van der Waals surface area contributed by atoms with Gasteiger partial charge in [0.25, 0.3) is 5.91 Å². The number of carbonyl (C=O) groups excluding carboxylic acids is 3. The van der Waals surface area contributed by atoms with Gasteiger partial charge in [-0.25, -0.2) is 4.68 Å². The number of rotatable bonds is 7. The summed E-state index contributed by atoms with van der Waals surface area (Å²) in [5, 5.41) is 7.12. The molecule has 1 saturated heterocycles. The van der Waals surface area contributed by atoms with Gasteiger partial charge < -0.3 is 19.7 Å². The number of esters is 1. The van der Waals surface area contributed by atoms with Gasteiger partial charge in [0.2, 0.25) is 5.91 Å². The van der Waals surface area contributed by atoms with Crippen molar-refractivity contribution in [2.75, 3.05) is 30.5 Å². The number of anilines is 2. The zero-order valence-corrected chi connectivity index (χ0v) is 18.4. The molecule has 9 nitrogen and oxygen atoms in total. The van der Waals surface area contributed by atoms with Gasteiger partial charge in [-0.1, -0.05) is 30.3 Å². The summed E-state index contributed by atoms with van der Waals surface area (Å²) in [6.07, 6.45) is 0.0124. The Hall–Kier alpha value is -4.14. The summed E-state index contributed by atoms with van der Waals surface area (Å²) in [5.41, 5.74) is 2.12. The third-order valence-electron chi connectivity index (χ3n) is 5.28. The molecule has 2 aromatic carbocycles. The molecule has 1 aliphatic heterocycles. The molecule has 3 aromatic rings. The minimum absolute atomic E-state index is 0.0124. The van der Waals surface area contributed by atoms with Gasteiger partial charge in [0, 0.05) is 19.0 Å². The first-order valence-electron chi connectivity index (χ1n) is 10.5. The third kappa shape index (κ3) is 4.87. The lowest BCUT2D eigenvalue weighted by molar-refractivity contribution is -0.151. The first-order valence-corrected chi connectivity index (χ1v) is 10.5. The van der Waals surface area contributed by atoms with Gasteiger partial charge in [0.05, 0.1) is 30.1 Å². The standard InChI is InChI=1S/C24H24N4O5/c1-16-12-21(28(26-16)18-8-4-3-5-9-18)25-22(29)15-33-24(31)17-13-23(30)27(14-17)19-10-6-7-11-20(19)32-2/h3-12,17H,13-15H2,1-2H3,(H,25,29)/t17-/m0/s1. The number of methoxy groups -OCH3 is 1. The van der Waals surface area contributed by atoms with Crippen molar-refractivity contribution in [1.82, 2.24) is 9.78 Å². The van der Waals surface area contributed by atoms with Crippen molar-refractivity contribution in [1.29, 1.82) is 0 Å². The predicted molar refractivity (Wildman–Crippen MR) is 121 cm³/mol. The van der Waals surface area contributed by atoms with Crippen molar-refractivity contribution < 1.29 is 23.9 Å². The largest absolute Gasteiger partial charge is 0.495 e. The number of ether oxygens (including phenoxy) is 2. The van der Waals surface area contributed by atoms with E-state index >= 15 is 0 Å². The Kier molecular flexibility index (Phi) is 6.39. The molecule has 1 N–H and O–H groups in total. The third-order valence-corrected chi connectivity index (χ3v) is 5.28. The van der Waals surface area contributed by atoms with Crippen molar-refractivity contribution in [3.05, 3.63) is 66.4 Å². The maximum atomic E-state index is 12.5. The molecule has 33 heavy (non-hydrogen) atoms. The topological polar surface area (TPSA) is 103 Å². The fourth-order valence-electron chi connectivity index (χ4n) is 3.74. The normalized spacial score (nSPS) is 15.4. The lowest BCUT2D eigenvalue weighted by Crippen LogP contribution is -2.28. The molecule has 0 unspecified atom stereocenters. The number of amides is 2. The monoisotopic (exact) mass is 448 g/mol. The fourth-order valence-corrected chi connectivity index (χ4v) is 3.74. The van der Waals surface area contributed by atoms with Crippen LogP contribution in [0, 0.1) is 12.8 Å². The summed E-state index contributed by atoms with van der Waals surface area (Å²) in [6.45, 7) is 1.52. The number of aryl methyl sites for hydroxylation is 1. The molecule has 2 amide bonds. The second-order valence-corrected chi connectivity index (χ2v) is 7.65. The average Bonchev–Trinajstić information content (AvgIpc) is 3.40. The van der Waals surface area contributed by atoms with Gasteiger partial charge in [0.15, 0.2) is 6.61 Å². The van der Waals surface area contributed by atoms with Crippen molar-refractivity contribution in [3.63, 3.8) is 0 Å². The van der Waals surface area contributed by atoms with Crippen LogP contribution >= 0.6 is 0 Å². The zero-order chi connectivity index (χ0) is 23.4. The molecule has 1 aliphatic rings. The Bertz CT molecular complexity index is 1170. The van der Waals surface area contributed by atoms with Crippen molar-refractivity contribution in [2.45, 2.75) is 13.3 Å². The molecule has 170 valence electrons. The molecule has 0 aliphatic carbocycles. The molecule has 0 spiro atoms. The molecule has 2 heterocycles. The summed E-state index contributed by atoms with van der Waals surface area (Å²) < 4.78 is 12.1. The fraction of sp³-hybridized carbons (Fsp3) is 0.250. The molecule has 1 atom stereocenters. The van der Waals surface area contributed by atoms with Crippen LogP contribution in [-0.2, 0) is 19.1 Å². The van der Waals surface area contributed by atoms with E-state index in [1.807, 2.05) is 37.3 Å². The summed E-state index contributed by atoms with van der Waals surface area (Å²) >= 11 is 0. The van der Waals surface area contributed by atoms with E-state index in [-0.39, 0.29) is 18.9 Å². The van der Waals surface area contributed by atoms with E-state index < -0.39 is 24.4 Å². The van der Waals surface area contributed by atoms with Gasteiger partial charge in [-0.15, -0.1) is 0 Å². The minimum atomic E-state index is -0.660. The molecule has 0 bridgehead atoms. The second-order valence-electron chi connectivity index (χ2n) is 7.65. The van der Waals surface area contributed by atoms with Crippen molar-refractivity contribution in [3.8, 4) is 11.4 Å². The average molecular weight is 448 g/mol. The van der Waals surface area contributed by atoms with Crippen LogP contribution < -0.4 is 15.0 Å². The van der Waals surface area contributed by atoms with E-state index in [0.717, 1.165) is 11.4 Å². The Morgan fingerprint density at radius 1 is 1.12 bits per heavy atom. The van der Waals surface area contributed by atoms with Crippen LogP contribution in [0.1, 0.15) is 12.1 Å². The van der Waals surface area contributed by atoms with Gasteiger partial charge in [-0.05, 0) is 31.2 Å². The molecule has 1 aromatic heterocycles. The first-order chi connectivity index (χ1) is 16.0. The Labute approximate surface area is 190 Å². The van der Waals surface area contributed by atoms with Crippen molar-refractivity contribution in [2.24, 2.45) is 5.92 Å². The van der Waals surface area contributed by atoms with Crippen LogP contribution in [-0.4, -0.2) is 47.8 Å². The summed E-state index contributed by atoms with van der Waals surface area (Å²) in [6, 6.07) is 18.2. The highest BCUT2D eigenvalue weighted by Crippen LogP contribution is 2.33. The summed E-state index contributed by atoms with van der Waals surface area (Å²) in [5.74, 6) is -0.932. The first kappa shape index (κ1) is 22.1. The quantitative estimate of drug-likeness (QED) is 0.558. The smallest absolute Gasteiger partial charge is 0.311 e. The van der Waals surface area contributed by atoms with E-state index in [1.54, 1.807) is 35.0 Å².